The minimum absolute atomic E-state index is 0.145. The van der Waals surface area contributed by atoms with Gasteiger partial charge in [0, 0.05) is 12.5 Å². The highest BCUT2D eigenvalue weighted by Crippen LogP contribution is 2.15. The second-order valence-electron chi connectivity index (χ2n) is 4.03. The molecular weight excluding hydrogens is 263 g/mol. The molecule has 1 aromatic carbocycles. The van der Waals surface area contributed by atoms with Crippen LogP contribution in [0.2, 0.25) is 0 Å². The maximum Gasteiger partial charge on any atom is 0.303 e. The van der Waals surface area contributed by atoms with Crippen LogP contribution in [0.15, 0.2) is 12.1 Å². The number of carbonyl (C=O) groups is 2. The number of benzene rings is 1. The van der Waals surface area contributed by atoms with Crippen molar-refractivity contribution >= 4 is 11.9 Å². The van der Waals surface area contributed by atoms with Crippen molar-refractivity contribution in [2.45, 2.75) is 25.8 Å². The second kappa shape index (κ2) is 6.21. The minimum Gasteiger partial charge on any atom is -0.481 e. The summed E-state index contributed by atoms with van der Waals surface area (Å²) in [4.78, 5) is 21.9. The lowest BCUT2D eigenvalue weighted by atomic mass is 10.1. The van der Waals surface area contributed by atoms with E-state index in [9.17, 15) is 22.8 Å². The molecule has 0 radical (unpaired) electrons. The van der Waals surface area contributed by atoms with Gasteiger partial charge in [0.25, 0.3) is 5.91 Å². The molecule has 0 heterocycles. The van der Waals surface area contributed by atoms with E-state index in [4.69, 9.17) is 5.11 Å². The fourth-order valence-corrected chi connectivity index (χ4v) is 1.41. The van der Waals surface area contributed by atoms with Crippen LogP contribution in [0.3, 0.4) is 0 Å². The van der Waals surface area contributed by atoms with E-state index in [1.165, 1.54) is 6.92 Å². The van der Waals surface area contributed by atoms with Crippen molar-refractivity contribution in [3.63, 3.8) is 0 Å². The molecule has 1 aromatic rings. The number of amides is 1. The summed E-state index contributed by atoms with van der Waals surface area (Å²) in [5, 5.41) is 10.8. The van der Waals surface area contributed by atoms with Gasteiger partial charge in [-0.15, -0.1) is 0 Å². The van der Waals surface area contributed by atoms with Crippen molar-refractivity contribution in [2.75, 3.05) is 0 Å². The predicted molar refractivity (Wildman–Crippen MR) is 60.1 cm³/mol. The Morgan fingerprint density at radius 3 is 2.47 bits per heavy atom. The highest BCUT2D eigenvalue weighted by atomic mass is 19.2. The molecule has 19 heavy (non-hydrogen) atoms. The monoisotopic (exact) mass is 275 g/mol. The normalized spacial score (nSPS) is 12.0. The number of hydrogen-bond donors (Lipinski definition) is 2. The summed E-state index contributed by atoms with van der Waals surface area (Å²) < 4.78 is 38.9. The molecule has 0 bridgehead atoms. The Hall–Kier alpha value is -2.05. The number of carboxylic acids is 1. The average Bonchev–Trinajstić information content (AvgIpc) is 2.33. The van der Waals surface area contributed by atoms with Crippen LogP contribution in [0.1, 0.15) is 30.1 Å². The molecule has 0 saturated carbocycles. The Bertz CT molecular complexity index is 505. The van der Waals surface area contributed by atoms with Crippen molar-refractivity contribution in [3.05, 3.63) is 35.1 Å². The van der Waals surface area contributed by atoms with E-state index < -0.39 is 40.9 Å². The quantitative estimate of drug-likeness (QED) is 0.808. The van der Waals surface area contributed by atoms with Crippen LogP contribution in [-0.4, -0.2) is 23.0 Å². The van der Waals surface area contributed by atoms with Crippen molar-refractivity contribution in [1.82, 2.24) is 5.32 Å². The average molecular weight is 275 g/mol. The van der Waals surface area contributed by atoms with Gasteiger partial charge in [-0.25, -0.2) is 13.2 Å². The Morgan fingerprint density at radius 2 is 1.89 bits per heavy atom. The first-order valence-corrected chi connectivity index (χ1v) is 5.49. The van der Waals surface area contributed by atoms with E-state index in [2.05, 4.69) is 5.32 Å². The molecule has 0 saturated heterocycles. The van der Waals surface area contributed by atoms with Gasteiger partial charge in [-0.2, -0.15) is 0 Å². The van der Waals surface area contributed by atoms with E-state index in [0.717, 1.165) is 6.07 Å². The number of rotatable bonds is 5. The predicted octanol–water partition coefficient (Wildman–Crippen LogP) is 2.09. The lowest BCUT2D eigenvalue weighted by Gasteiger charge is -2.13. The molecule has 1 atom stereocenters. The van der Waals surface area contributed by atoms with Gasteiger partial charge in [0.15, 0.2) is 17.5 Å². The first-order chi connectivity index (χ1) is 8.82. The molecule has 1 rings (SSSR count). The zero-order valence-corrected chi connectivity index (χ0v) is 10.0. The fraction of sp³-hybridized carbons (Fsp3) is 0.333. The molecular formula is C12H12F3NO3. The van der Waals surface area contributed by atoms with Crippen LogP contribution in [0.5, 0.6) is 0 Å². The molecule has 1 unspecified atom stereocenters. The highest BCUT2D eigenvalue weighted by Gasteiger charge is 2.20. The zero-order valence-electron chi connectivity index (χ0n) is 10.0. The van der Waals surface area contributed by atoms with Gasteiger partial charge < -0.3 is 10.4 Å². The van der Waals surface area contributed by atoms with Crippen LogP contribution in [0, 0.1) is 17.5 Å². The molecule has 104 valence electrons. The van der Waals surface area contributed by atoms with Crippen molar-refractivity contribution < 1.29 is 27.9 Å². The minimum atomic E-state index is -1.72. The molecule has 4 nitrogen and oxygen atoms in total. The summed E-state index contributed by atoms with van der Waals surface area (Å²) in [5.74, 6) is -6.61. The molecule has 0 aliphatic rings. The molecule has 0 aromatic heterocycles. The van der Waals surface area contributed by atoms with Crippen molar-refractivity contribution in [1.29, 1.82) is 0 Å². The van der Waals surface area contributed by atoms with Crippen LogP contribution in [-0.2, 0) is 4.79 Å². The summed E-state index contributed by atoms with van der Waals surface area (Å²) in [6.07, 6.45) is -0.0198. The number of carbonyl (C=O) groups excluding carboxylic acids is 1. The summed E-state index contributed by atoms with van der Waals surface area (Å²) in [6, 6.07) is 0.943. The number of aliphatic carboxylic acids is 1. The van der Waals surface area contributed by atoms with E-state index in [1.54, 1.807) is 0 Å². The Balaban J connectivity index is 2.73. The van der Waals surface area contributed by atoms with E-state index in [1.807, 2.05) is 0 Å². The number of hydrogen-bond acceptors (Lipinski definition) is 2. The third-order valence-electron chi connectivity index (χ3n) is 2.45. The largest absolute Gasteiger partial charge is 0.481 e. The Morgan fingerprint density at radius 1 is 1.26 bits per heavy atom. The Labute approximate surface area is 107 Å². The lowest BCUT2D eigenvalue weighted by molar-refractivity contribution is -0.137. The molecule has 0 fully saturated rings. The standard InChI is InChI=1S/C12H12F3NO3/c1-6(2-5-9(17)18)16-12(19)7-3-4-8(13)11(15)10(7)14/h3-4,6H,2,5H2,1H3,(H,16,19)(H,17,18). The zero-order chi connectivity index (χ0) is 14.6. The summed E-state index contributed by atoms with van der Waals surface area (Å²) in [7, 11) is 0. The summed E-state index contributed by atoms with van der Waals surface area (Å²) >= 11 is 0. The first kappa shape index (κ1) is 15.0. The third-order valence-corrected chi connectivity index (χ3v) is 2.45. The lowest BCUT2D eigenvalue weighted by Crippen LogP contribution is -2.33. The van der Waals surface area contributed by atoms with Gasteiger partial charge in [0.05, 0.1) is 5.56 Å². The van der Waals surface area contributed by atoms with Gasteiger partial charge in [-0.1, -0.05) is 0 Å². The van der Waals surface area contributed by atoms with Crippen LogP contribution < -0.4 is 5.32 Å². The van der Waals surface area contributed by atoms with Crippen LogP contribution >= 0.6 is 0 Å². The fourth-order valence-electron chi connectivity index (χ4n) is 1.41. The smallest absolute Gasteiger partial charge is 0.303 e. The molecule has 0 aliphatic heterocycles. The third kappa shape index (κ3) is 3.97. The first-order valence-electron chi connectivity index (χ1n) is 5.49. The van der Waals surface area contributed by atoms with Crippen molar-refractivity contribution in [2.24, 2.45) is 0 Å². The molecule has 0 aliphatic carbocycles. The highest BCUT2D eigenvalue weighted by molar-refractivity contribution is 5.94. The number of nitrogens with one attached hydrogen (secondary N) is 1. The van der Waals surface area contributed by atoms with Crippen LogP contribution in [0.4, 0.5) is 13.2 Å². The second-order valence-corrected chi connectivity index (χ2v) is 4.03. The van der Waals surface area contributed by atoms with Crippen molar-refractivity contribution in [3.8, 4) is 0 Å². The summed E-state index contributed by atoms with van der Waals surface area (Å²) in [6.45, 7) is 1.53. The molecule has 2 N–H and O–H groups in total. The van der Waals surface area contributed by atoms with Gasteiger partial charge >= 0.3 is 5.97 Å². The maximum atomic E-state index is 13.3. The van der Waals surface area contributed by atoms with Gasteiger partial charge in [0.1, 0.15) is 0 Å². The number of halogens is 3. The summed E-state index contributed by atoms with van der Waals surface area (Å²) in [5.41, 5.74) is -0.624. The van der Waals surface area contributed by atoms with E-state index in [-0.39, 0.29) is 12.8 Å². The number of carboxylic acid groups (broad SMARTS) is 1. The molecule has 7 heteroatoms. The maximum absolute atomic E-state index is 13.3. The molecule has 0 spiro atoms. The topological polar surface area (TPSA) is 66.4 Å². The van der Waals surface area contributed by atoms with Gasteiger partial charge in [-0.05, 0) is 25.5 Å². The van der Waals surface area contributed by atoms with Crippen LogP contribution in [0.25, 0.3) is 0 Å². The van der Waals surface area contributed by atoms with Gasteiger partial charge in [-0.3, -0.25) is 9.59 Å². The van der Waals surface area contributed by atoms with Gasteiger partial charge in [0.2, 0.25) is 0 Å². The van der Waals surface area contributed by atoms with E-state index in [0.29, 0.717) is 6.07 Å². The Kier molecular flexibility index (Phi) is 4.91. The SMILES string of the molecule is CC(CCC(=O)O)NC(=O)c1ccc(F)c(F)c1F. The van der Waals surface area contributed by atoms with E-state index >= 15 is 0 Å². The molecule has 1 amide bonds.